The van der Waals surface area contributed by atoms with Crippen molar-refractivity contribution >= 4 is 11.9 Å². The molecule has 0 spiro atoms. The number of aromatic amines is 1. The quantitative estimate of drug-likeness (QED) is 0.258. The van der Waals surface area contributed by atoms with E-state index in [1.807, 2.05) is 0 Å². The van der Waals surface area contributed by atoms with Gasteiger partial charge in [-0.15, -0.1) is 0 Å². The summed E-state index contributed by atoms with van der Waals surface area (Å²) in [7, 11) is 0. The van der Waals surface area contributed by atoms with E-state index < -0.39 is 12.0 Å². The molecule has 4 fully saturated rings. The molecule has 5 aliphatic rings. The lowest BCUT2D eigenvalue weighted by atomic mass is 9.33. The molecule has 4 saturated carbocycles. The van der Waals surface area contributed by atoms with Crippen LogP contribution in [0.2, 0.25) is 0 Å². The van der Waals surface area contributed by atoms with Crippen LogP contribution in [-0.4, -0.2) is 44.2 Å². The third kappa shape index (κ3) is 4.72. The van der Waals surface area contributed by atoms with Crippen molar-refractivity contribution in [2.24, 2.45) is 50.2 Å². The van der Waals surface area contributed by atoms with Crippen molar-refractivity contribution < 1.29 is 19.8 Å². The summed E-state index contributed by atoms with van der Waals surface area (Å²) >= 11 is 0. The number of nitrogens with one attached hydrogen (secondary N) is 2. The van der Waals surface area contributed by atoms with Gasteiger partial charge in [-0.1, -0.05) is 60.1 Å². The number of hydrogen-bond acceptors (Lipinski definition) is 4. The highest BCUT2D eigenvalue weighted by Crippen LogP contribution is 2.76. The number of aromatic nitrogens is 2. The van der Waals surface area contributed by atoms with E-state index in [1.54, 1.807) is 11.8 Å². The zero-order chi connectivity index (χ0) is 31.9. The van der Waals surface area contributed by atoms with Gasteiger partial charge in [0.2, 0.25) is 5.91 Å². The van der Waals surface area contributed by atoms with E-state index in [2.05, 4.69) is 69.8 Å². The monoisotopic (exact) mass is 607 g/mol. The van der Waals surface area contributed by atoms with Crippen molar-refractivity contribution in [1.82, 2.24) is 15.3 Å². The van der Waals surface area contributed by atoms with Gasteiger partial charge in [-0.05, 0) is 114 Å². The van der Waals surface area contributed by atoms with E-state index >= 15 is 0 Å². The lowest BCUT2D eigenvalue weighted by Crippen LogP contribution is -2.64. The summed E-state index contributed by atoms with van der Waals surface area (Å²) in [6, 6.07) is -0.977. The van der Waals surface area contributed by atoms with Gasteiger partial charge in [-0.3, -0.25) is 4.79 Å². The highest BCUT2D eigenvalue weighted by molar-refractivity contribution is 5.84. The number of rotatable bonds is 6. The second-order valence-electron chi connectivity index (χ2n) is 17.9. The number of nitrogens with zero attached hydrogens (tertiary/aromatic N) is 1. The first-order valence-corrected chi connectivity index (χ1v) is 17.4. The van der Waals surface area contributed by atoms with E-state index in [9.17, 15) is 19.8 Å². The van der Waals surface area contributed by atoms with Gasteiger partial charge in [0.15, 0.2) is 0 Å². The standard InChI is InChI=1S/C37H57N3O4/c1-32(2)14-16-37(20-30(42)40-26(31(43)44)18-23-21-38-22-39-23)17-15-35(6)24(25(37)19-32)8-9-28-34(5)12-11-29(41)33(3,4)27(34)10-13-36(28,35)7/h8,21-22,25-29,41H,9-20H2,1-7H3,(H,38,39)(H,40,42)(H,43,44)/t25-,26?,27-,28+,29-,34-,35+,36+,37+/m0/s1. The van der Waals surface area contributed by atoms with Crippen LogP contribution >= 0.6 is 0 Å². The van der Waals surface area contributed by atoms with Crippen LogP contribution in [0.5, 0.6) is 0 Å². The maximum atomic E-state index is 13.7. The summed E-state index contributed by atoms with van der Waals surface area (Å²) in [4.78, 5) is 32.9. The van der Waals surface area contributed by atoms with Gasteiger partial charge in [0.1, 0.15) is 6.04 Å². The fourth-order valence-electron chi connectivity index (χ4n) is 12.0. The van der Waals surface area contributed by atoms with Crippen molar-refractivity contribution in [3.8, 4) is 0 Å². The van der Waals surface area contributed by atoms with Crippen LogP contribution in [0.25, 0.3) is 0 Å². The van der Waals surface area contributed by atoms with E-state index in [0.29, 0.717) is 29.9 Å². The molecule has 244 valence electrons. The number of fused-ring (bicyclic) bond motifs is 7. The number of carbonyl (C=O) groups is 2. The number of hydrogen-bond donors (Lipinski definition) is 4. The predicted octanol–water partition coefficient (Wildman–Crippen LogP) is 7.07. The Labute approximate surface area is 264 Å². The first kappa shape index (κ1) is 31.8. The maximum absolute atomic E-state index is 13.7. The van der Waals surface area contributed by atoms with Crippen LogP contribution in [-0.2, 0) is 16.0 Å². The predicted molar refractivity (Wildman–Crippen MR) is 172 cm³/mol. The Kier molecular flexibility index (Phi) is 7.54. The number of aliphatic hydroxyl groups is 1. The Bertz CT molecular complexity index is 1320. The highest BCUT2D eigenvalue weighted by atomic mass is 16.4. The first-order valence-electron chi connectivity index (χ1n) is 17.4. The number of allylic oxidation sites excluding steroid dienone is 2. The Morgan fingerprint density at radius 1 is 1.00 bits per heavy atom. The fourth-order valence-corrected chi connectivity index (χ4v) is 12.0. The molecule has 6 rings (SSSR count). The number of carbonyl (C=O) groups excluding carboxylic acids is 1. The van der Waals surface area contributed by atoms with Crippen molar-refractivity contribution in [2.45, 2.75) is 138 Å². The number of carboxylic acid groups (broad SMARTS) is 1. The minimum atomic E-state index is -1.01. The number of amides is 1. The molecule has 9 atom stereocenters. The normalized spacial score (nSPS) is 42.9. The molecule has 0 bridgehead atoms. The van der Waals surface area contributed by atoms with Crippen molar-refractivity contribution in [3.05, 3.63) is 29.9 Å². The van der Waals surface area contributed by atoms with Crippen molar-refractivity contribution in [3.63, 3.8) is 0 Å². The smallest absolute Gasteiger partial charge is 0.326 e. The fraction of sp³-hybridized carbons (Fsp3) is 0.811. The lowest BCUT2D eigenvalue weighted by Gasteiger charge is -2.71. The topological polar surface area (TPSA) is 115 Å². The van der Waals surface area contributed by atoms with Gasteiger partial charge >= 0.3 is 5.97 Å². The SMILES string of the molecule is CC1(C)CC[C@]2(CC(=O)NC(Cc3cnc[nH]3)C(=O)O)CC[C@]3(C)C(=CC[C@@H]4[C@@]5(C)CC[C@H](O)C(C)(C)[C@@H]5CC[C@]43C)[C@@H]2C1. The Morgan fingerprint density at radius 2 is 1.73 bits per heavy atom. The van der Waals surface area contributed by atoms with E-state index in [-0.39, 0.29) is 50.9 Å². The van der Waals surface area contributed by atoms with E-state index in [4.69, 9.17) is 0 Å². The molecule has 1 aromatic rings. The Hall–Kier alpha value is -2.15. The Morgan fingerprint density at radius 3 is 2.41 bits per heavy atom. The zero-order valence-electron chi connectivity index (χ0n) is 28.3. The number of carboxylic acids is 1. The average Bonchev–Trinajstić information content (AvgIpc) is 3.45. The van der Waals surface area contributed by atoms with Crippen LogP contribution in [0.1, 0.15) is 125 Å². The molecule has 44 heavy (non-hydrogen) atoms. The Balaban J connectivity index is 1.31. The van der Waals surface area contributed by atoms with Gasteiger partial charge in [0.25, 0.3) is 0 Å². The second kappa shape index (κ2) is 10.4. The van der Waals surface area contributed by atoms with Crippen molar-refractivity contribution in [1.29, 1.82) is 0 Å². The molecule has 1 amide bonds. The van der Waals surface area contributed by atoms with Gasteiger partial charge < -0.3 is 20.5 Å². The second-order valence-corrected chi connectivity index (χ2v) is 17.9. The summed E-state index contributed by atoms with van der Waals surface area (Å²) in [6.07, 6.45) is 16.9. The summed E-state index contributed by atoms with van der Waals surface area (Å²) in [6.45, 7) is 17.1. The first-order chi connectivity index (χ1) is 20.5. The molecule has 1 unspecified atom stereocenters. The molecule has 5 aliphatic carbocycles. The van der Waals surface area contributed by atoms with Crippen LogP contribution in [0.15, 0.2) is 24.2 Å². The van der Waals surface area contributed by atoms with Gasteiger partial charge in [-0.25, -0.2) is 9.78 Å². The highest BCUT2D eigenvalue weighted by Gasteiger charge is 2.68. The molecule has 4 N–H and O–H groups in total. The summed E-state index contributed by atoms with van der Waals surface area (Å²) in [5.74, 6) is 0.292. The molecule has 0 saturated heterocycles. The van der Waals surface area contributed by atoms with Gasteiger partial charge in [0, 0.05) is 24.7 Å². The van der Waals surface area contributed by atoms with Crippen LogP contribution in [0.4, 0.5) is 0 Å². The van der Waals surface area contributed by atoms with Gasteiger partial charge in [0.05, 0.1) is 12.4 Å². The summed E-state index contributed by atoms with van der Waals surface area (Å²) in [5, 5.41) is 23.9. The molecule has 0 aromatic carbocycles. The minimum absolute atomic E-state index is 0.0626. The maximum Gasteiger partial charge on any atom is 0.326 e. The van der Waals surface area contributed by atoms with E-state index in [0.717, 1.165) is 51.4 Å². The van der Waals surface area contributed by atoms with E-state index in [1.165, 1.54) is 19.2 Å². The third-order valence-corrected chi connectivity index (χ3v) is 14.9. The average molecular weight is 608 g/mol. The van der Waals surface area contributed by atoms with Crippen LogP contribution in [0.3, 0.4) is 0 Å². The number of H-pyrrole nitrogens is 1. The number of imidazole rings is 1. The molecule has 7 heteroatoms. The molecule has 1 heterocycles. The molecular formula is C37H57N3O4. The molecule has 1 aromatic heterocycles. The number of aliphatic hydroxyl groups excluding tert-OH is 1. The van der Waals surface area contributed by atoms with Gasteiger partial charge in [-0.2, -0.15) is 0 Å². The van der Waals surface area contributed by atoms with Crippen LogP contribution in [0, 0.1) is 50.2 Å². The molecule has 0 radical (unpaired) electrons. The molecule has 7 nitrogen and oxygen atoms in total. The summed E-state index contributed by atoms with van der Waals surface area (Å²) < 4.78 is 0. The molecule has 0 aliphatic heterocycles. The zero-order valence-corrected chi connectivity index (χ0v) is 28.3. The number of aliphatic carboxylic acids is 1. The van der Waals surface area contributed by atoms with Crippen LogP contribution < -0.4 is 5.32 Å². The van der Waals surface area contributed by atoms with Crippen molar-refractivity contribution in [2.75, 3.05) is 0 Å². The third-order valence-electron chi connectivity index (χ3n) is 14.9. The summed E-state index contributed by atoms with van der Waals surface area (Å²) in [5.41, 5.74) is 2.78. The lowest BCUT2D eigenvalue weighted by molar-refractivity contribution is -0.203. The largest absolute Gasteiger partial charge is 0.480 e. The minimum Gasteiger partial charge on any atom is -0.480 e. The molecular weight excluding hydrogens is 550 g/mol.